The quantitative estimate of drug-likeness (QED) is 0.390. The number of phenolic OH excluding ortho intramolecular Hbond substituents is 1. The molecule has 2 aromatic rings. The van der Waals surface area contributed by atoms with E-state index in [1.165, 1.54) is 6.21 Å². The van der Waals surface area contributed by atoms with Gasteiger partial charge in [-0.2, -0.15) is 5.10 Å². The summed E-state index contributed by atoms with van der Waals surface area (Å²) >= 11 is 4.18. The van der Waals surface area contributed by atoms with Gasteiger partial charge in [0.25, 0.3) is 0 Å². The Bertz CT molecular complexity index is 680. The largest absolute Gasteiger partial charge is 0.506 e. The van der Waals surface area contributed by atoms with E-state index < -0.39 is 5.91 Å². The summed E-state index contributed by atoms with van der Waals surface area (Å²) in [6.45, 7) is 1.76. The minimum atomic E-state index is -0.436. The molecule has 0 aliphatic rings. The SMILES string of the molecule is Cc1ccc(C(=O)N/N=C\c2cc(I)cc(I)c2O)o1. The van der Waals surface area contributed by atoms with Crippen LogP contribution in [-0.2, 0) is 0 Å². The molecule has 0 radical (unpaired) electrons. The maximum Gasteiger partial charge on any atom is 0.307 e. The molecular weight excluding hydrogens is 486 g/mol. The van der Waals surface area contributed by atoms with Crippen LogP contribution in [0.1, 0.15) is 21.9 Å². The van der Waals surface area contributed by atoms with Gasteiger partial charge in [-0.15, -0.1) is 0 Å². The van der Waals surface area contributed by atoms with Crippen molar-refractivity contribution in [3.63, 3.8) is 0 Å². The number of carbonyl (C=O) groups excluding carboxylic acids is 1. The number of nitrogens with zero attached hydrogens (tertiary/aromatic N) is 1. The van der Waals surface area contributed by atoms with Crippen molar-refractivity contribution in [3.05, 3.63) is 48.5 Å². The Labute approximate surface area is 142 Å². The van der Waals surface area contributed by atoms with Crippen LogP contribution in [-0.4, -0.2) is 17.2 Å². The fourth-order valence-corrected chi connectivity index (χ4v) is 3.35. The molecule has 0 aliphatic heterocycles. The lowest BCUT2D eigenvalue weighted by Gasteiger charge is -2.02. The highest BCUT2D eigenvalue weighted by molar-refractivity contribution is 14.1. The fourth-order valence-electron chi connectivity index (χ4n) is 1.46. The molecule has 1 aromatic carbocycles. The van der Waals surface area contributed by atoms with E-state index in [1.807, 2.05) is 28.7 Å². The molecule has 2 rings (SSSR count). The van der Waals surface area contributed by atoms with Crippen molar-refractivity contribution in [3.8, 4) is 5.75 Å². The summed E-state index contributed by atoms with van der Waals surface area (Å²) < 4.78 is 6.87. The third-order valence-electron chi connectivity index (χ3n) is 2.39. The molecule has 0 fully saturated rings. The van der Waals surface area contributed by atoms with Crippen molar-refractivity contribution in [2.75, 3.05) is 0 Å². The Morgan fingerprint density at radius 2 is 2.15 bits per heavy atom. The van der Waals surface area contributed by atoms with Crippen LogP contribution in [0.3, 0.4) is 0 Å². The molecule has 0 spiro atoms. The van der Waals surface area contributed by atoms with Crippen molar-refractivity contribution in [2.45, 2.75) is 6.92 Å². The average Bonchev–Trinajstić information content (AvgIpc) is 2.81. The second kappa shape index (κ2) is 6.57. The first-order chi connectivity index (χ1) is 9.47. The van der Waals surface area contributed by atoms with Crippen LogP contribution < -0.4 is 5.43 Å². The molecule has 1 amide bonds. The zero-order chi connectivity index (χ0) is 14.7. The Balaban J connectivity index is 2.09. The molecule has 0 unspecified atom stereocenters. The molecule has 7 heteroatoms. The predicted molar refractivity (Wildman–Crippen MR) is 92.0 cm³/mol. The summed E-state index contributed by atoms with van der Waals surface area (Å²) in [6.07, 6.45) is 1.40. The standard InChI is InChI=1S/C13H10I2N2O3/c1-7-2-3-11(20-7)13(19)17-16-6-8-4-9(14)5-10(15)12(8)18/h2-6,18H,1H3,(H,17,19)/b16-6-. The molecule has 0 aliphatic carbocycles. The molecule has 0 atom stereocenters. The van der Waals surface area contributed by atoms with Gasteiger partial charge in [-0.3, -0.25) is 4.79 Å². The van der Waals surface area contributed by atoms with E-state index in [9.17, 15) is 9.90 Å². The number of amides is 1. The number of halogens is 2. The minimum absolute atomic E-state index is 0.137. The lowest BCUT2D eigenvalue weighted by atomic mass is 10.2. The van der Waals surface area contributed by atoms with E-state index in [1.54, 1.807) is 25.1 Å². The highest BCUT2D eigenvalue weighted by atomic mass is 127. The number of nitrogens with one attached hydrogen (secondary N) is 1. The molecule has 20 heavy (non-hydrogen) atoms. The highest BCUT2D eigenvalue weighted by Crippen LogP contribution is 2.25. The lowest BCUT2D eigenvalue weighted by Crippen LogP contribution is -2.16. The first-order valence-electron chi connectivity index (χ1n) is 5.55. The summed E-state index contributed by atoms with van der Waals surface area (Å²) in [7, 11) is 0. The van der Waals surface area contributed by atoms with Gasteiger partial charge in [-0.1, -0.05) is 0 Å². The Morgan fingerprint density at radius 3 is 2.80 bits per heavy atom. The first kappa shape index (κ1) is 15.3. The van der Waals surface area contributed by atoms with E-state index in [0.29, 0.717) is 11.3 Å². The molecule has 5 nitrogen and oxygen atoms in total. The number of carbonyl (C=O) groups is 1. The van der Waals surface area contributed by atoms with Crippen LogP contribution in [0, 0.1) is 14.1 Å². The minimum Gasteiger partial charge on any atom is -0.506 e. The lowest BCUT2D eigenvalue weighted by molar-refractivity contribution is 0.0926. The highest BCUT2D eigenvalue weighted by Gasteiger charge is 2.09. The Hall–Kier alpha value is -1.10. The third kappa shape index (κ3) is 3.72. The predicted octanol–water partition coefficient (Wildman–Crippen LogP) is 3.27. The zero-order valence-corrected chi connectivity index (χ0v) is 14.7. The molecule has 0 saturated heterocycles. The van der Waals surface area contributed by atoms with Crippen LogP contribution in [0.25, 0.3) is 0 Å². The number of benzene rings is 1. The number of hydrogen-bond donors (Lipinski definition) is 2. The molecule has 1 heterocycles. The van der Waals surface area contributed by atoms with E-state index in [0.717, 1.165) is 7.14 Å². The number of hydrazone groups is 1. The Kier molecular flexibility index (Phi) is 5.02. The van der Waals surface area contributed by atoms with Gasteiger partial charge < -0.3 is 9.52 Å². The van der Waals surface area contributed by atoms with E-state index in [-0.39, 0.29) is 11.5 Å². The summed E-state index contributed by atoms with van der Waals surface area (Å²) in [5.74, 6) is 0.553. The third-order valence-corrected chi connectivity index (χ3v) is 3.84. The van der Waals surface area contributed by atoms with E-state index >= 15 is 0 Å². The van der Waals surface area contributed by atoms with E-state index in [2.05, 4.69) is 33.1 Å². The summed E-state index contributed by atoms with van der Waals surface area (Å²) in [6, 6.07) is 6.89. The van der Waals surface area contributed by atoms with Crippen molar-refractivity contribution < 1.29 is 14.3 Å². The molecule has 104 valence electrons. The van der Waals surface area contributed by atoms with Gasteiger partial charge in [-0.05, 0) is 76.4 Å². The van der Waals surface area contributed by atoms with Crippen LogP contribution in [0.4, 0.5) is 0 Å². The topological polar surface area (TPSA) is 74.8 Å². The number of aromatic hydroxyl groups is 1. The first-order valence-corrected chi connectivity index (χ1v) is 7.71. The summed E-state index contributed by atoms with van der Waals surface area (Å²) in [5.41, 5.74) is 2.89. The number of hydrogen-bond acceptors (Lipinski definition) is 4. The number of furan rings is 1. The van der Waals surface area contributed by atoms with Gasteiger partial charge in [0.2, 0.25) is 0 Å². The summed E-state index contributed by atoms with van der Waals surface area (Å²) in [5, 5.41) is 13.7. The monoisotopic (exact) mass is 496 g/mol. The van der Waals surface area contributed by atoms with Crippen molar-refractivity contribution in [1.82, 2.24) is 5.43 Å². The molecular formula is C13H10I2N2O3. The van der Waals surface area contributed by atoms with Crippen LogP contribution in [0.15, 0.2) is 33.8 Å². The second-order valence-electron chi connectivity index (χ2n) is 3.93. The number of aryl methyl sites for hydroxylation is 1. The molecule has 0 bridgehead atoms. The smallest absolute Gasteiger partial charge is 0.307 e. The van der Waals surface area contributed by atoms with Crippen LogP contribution >= 0.6 is 45.2 Å². The van der Waals surface area contributed by atoms with Crippen molar-refractivity contribution in [1.29, 1.82) is 0 Å². The Morgan fingerprint density at radius 1 is 1.40 bits per heavy atom. The van der Waals surface area contributed by atoms with E-state index in [4.69, 9.17) is 4.42 Å². The van der Waals surface area contributed by atoms with Crippen molar-refractivity contribution in [2.24, 2.45) is 5.10 Å². The molecule has 2 N–H and O–H groups in total. The van der Waals surface area contributed by atoms with Gasteiger partial charge in [0.1, 0.15) is 11.5 Å². The average molecular weight is 496 g/mol. The number of phenols is 1. The van der Waals surface area contributed by atoms with Gasteiger partial charge in [0.15, 0.2) is 5.76 Å². The molecule has 0 saturated carbocycles. The van der Waals surface area contributed by atoms with Crippen LogP contribution in [0.5, 0.6) is 5.75 Å². The maximum absolute atomic E-state index is 11.7. The van der Waals surface area contributed by atoms with Crippen LogP contribution in [0.2, 0.25) is 0 Å². The van der Waals surface area contributed by atoms with Gasteiger partial charge >= 0.3 is 5.91 Å². The fraction of sp³-hybridized carbons (Fsp3) is 0.0769. The summed E-state index contributed by atoms with van der Waals surface area (Å²) in [4.78, 5) is 11.7. The van der Waals surface area contributed by atoms with Gasteiger partial charge in [0.05, 0.1) is 9.78 Å². The normalized spacial score (nSPS) is 10.9. The number of rotatable bonds is 3. The maximum atomic E-state index is 11.7. The van der Waals surface area contributed by atoms with Gasteiger partial charge in [0, 0.05) is 9.13 Å². The second-order valence-corrected chi connectivity index (χ2v) is 6.34. The van der Waals surface area contributed by atoms with Gasteiger partial charge in [-0.25, -0.2) is 5.43 Å². The zero-order valence-electron chi connectivity index (χ0n) is 10.4. The molecule has 1 aromatic heterocycles. The van der Waals surface area contributed by atoms with Crippen molar-refractivity contribution >= 4 is 57.3 Å².